The van der Waals surface area contributed by atoms with Crippen LogP contribution in [0.25, 0.3) is 16.6 Å². The molecular formula is C21H22N8O4S. The highest BCUT2D eigenvalue weighted by atomic mass is 32.3. The van der Waals surface area contributed by atoms with Gasteiger partial charge in [-0.3, -0.25) is 23.2 Å². The number of tetrazole rings is 1. The Hall–Kier alpha value is -3.81. The number of anilines is 1. The summed E-state index contributed by atoms with van der Waals surface area (Å²) in [6, 6.07) is 10.6. The van der Waals surface area contributed by atoms with Crippen molar-refractivity contribution in [2.24, 2.45) is 0 Å². The molecule has 4 aromatic rings. The molecule has 12 nitrogen and oxygen atoms in total. The molecule has 0 aliphatic carbocycles. The zero-order chi connectivity index (χ0) is 23.7. The summed E-state index contributed by atoms with van der Waals surface area (Å²) >= 11 is 0. The van der Waals surface area contributed by atoms with E-state index in [1.165, 1.54) is 21.5 Å². The summed E-state index contributed by atoms with van der Waals surface area (Å²) in [6.07, 6.45) is 4.37. The van der Waals surface area contributed by atoms with E-state index in [0.717, 1.165) is 12.0 Å². The van der Waals surface area contributed by atoms with Crippen LogP contribution in [0.3, 0.4) is 0 Å². The zero-order valence-electron chi connectivity index (χ0n) is 17.9. The lowest BCUT2D eigenvalue weighted by Crippen LogP contribution is -2.35. The van der Waals surface area contributed by atoms with Crippen LogP contribution < -0.4 is 9.62 Å². The fraction of sp³-hybridized carbons (Fsp3) is 0.238. The number of para-hydroxylation sites is 1. The van der Waals surface area contributed by atoms with Gasteiger partial charge < -0.3 is 10.4 Å². The van der Waals surface area contributed by atoms with Crippen molar-refractivity contribution in [2.75, 3.05) is 16.6 Å². The molecule has 0 radical (unpaired) electrons. The second-order valence-electron chi connectivity index (χ2n) is 7.74. The first-order valence-corrected chi connectivity index (χ1v) is 12.2. The van der Waals surface area contributed by atoms with E-state index < -0.39 is 16.7 Å². The number of rotatable bonds is 5. The lowest BCUT2D eigenvalue weighted by molar-refractivity contribution is 0.0943. The van der Waals surface area contributed by atoms with Crippen molar-refractivity contribution in [3.05, 3.63) is 60.2 Å². The Morgan fingerprint density at radius 3 is 2.79 bits per heavy atom. The van der Waals surface area contributed by atoms with Crippen LogP contribution in [0, 0.1) is 0 Å². The summed E-state index contributed by atoms with van der Waals surface area (Å²) in [5.41, 5.74) is 1.34. The number of aromatic hydroxyl groups is 1. The number of pyridine rings is 2. The molecule has 1 aromatic carbocycles. The number of nitrogens with one attached hydrogen (secondary N) is 1. The average Bonchev–Trinajstić information content (AvgIpc) is 3.38. The zero-order valence-corrected chi connectivity index (χ0v) is 18.8. The fourth-order valence-corrected chi connectivity index (χ4v) is 5.57. The molecule has 13 heteroatoms. The van der Waals surface area contributed by atoms with Crippen LogP contribution in [-0.4, -0.2) is 62.6 Å². The van der Waals surface area contributed by atoms with Crippen LogP contribution in [0.2, 0.25) is 0 Å². The van der Waals surface area contributed by atoms with Crippen molar-refractivity contribution in [3.63, 3.8) is 0 Å². The summed E-state index contributed by atoms with van der Waals surface area (Å²) in [6.45, 7) is 0.481. The first-order chi connectivity index (χ1) is 16.5. The molecule has 0 saturated carbocycles. The standard InChI is InChI=1S/C21H22N8O4S/c30-19-17-15(7-5-9-22-17)20(29-10-3-4-11-34(29,32)33)25-18(19)21(31)23-12-14-6-1-2-8-16(14)28-13-24-26-27-28/h1-2,5-9,13,30,32-33H,3-4,10-12H2,(H,23,31). The summed E-state index contributed by atoms with van der Waals surface area (Å²) in [5, 5.41) is 25.2. The topological polar surface area (TPSA) is 162 Å². The molecule has 5 rings (SSSR count). The predicted octanol–water partition coefficient (Wildman–Crippen LogP) is 2.51. The van der Waals surface area contributed by atoms with Crippen LogP contribution >= 0.6 is 10.8 Å². The van der Waals surface area contributed by atoms with Gasteiger partial charge in [-0.25, -0.2) is 9.67 Å². The Morgan fingerprint density at radius 1 is 1.15 bits per heavy atom. The number of fused-ring (bicyclic) bond motifs is 1. The van der Waals surface area contributed by atoms with E-state index in [1.807, 2.05) is 24.3 Å². The fourth-order valence-electron chi connectivity index (χ4n) is 3.92. The first-order valence-electron chi connectivity index (χ1n) is 10.6. The van der Waals surface area contributed by atoms with E-state index >= 15 is 0 Å². The third kappa shape index (κ3) is 4.00. The number of carbonyl (C=O) groups excluding carboxylic acids is 1. The lowest BCUT2D eigenvalue weighted by atomic mass is 10.1. The normalized spacial score (nSPS) is 16.4. The van der Waals surface area contributed by atoms with Gasteiger partial charge in [-0.1, -0.05) is 18.2 Å². The van der Waals surface area contributed by atoms with E-state index in [1.54, 1.807) is 12.1 Å². The number of hydrogen-bond acceptors (Lipinski definition) is 10. The van der Waals surface area contributed by atoms with E-state index in [4.69, 9.17) is 0 Å². The average molecular weight is 483 g/mol. The Kier molecular flexibility index (Phi) is 5.73. The van der Waals surface area contributed by atoms with Gasteiger partial charge in [0.2, 0.25) is 0 Å². The lowest BCUT2D eigenvalue weighted by Gasteiger charge is -2.47. The highest BCUT2D eigenvalue weighted by molar-refractivity contribution is 8.25. The summed E-state index contributed by atoms with van der Waals surface area (Å²) in [5.74, 6) is -0.586. The van der Waals surface area contributed by atoms with Gasteiger partial charge in [0.25, 0.3) is 5.91 Å². The molecule has 1 saturated heterocycles. The van der Waals surface area contributed by atoms with Crippen molar-refractivity contribution < 1.29 is 19.0 Å². The second-order valence-corrected chi connectivity index (χ2v) is 9.86. The van der Waals surface area contributed by atoms with Crippen molar-refractivity contribution in [1.82, 2.24) is 35.5 Å². The highest BCUT2D eigenvalue weighted by Gasteiger charge is 2.31. The van der Waals surface area contributed by atoms with Gasteiger partial charge in [0.05, 0.1) is 11.4 Å². The first kappa shape index (κ1) is 22.0. The third-order valence-corrected chi connectivity index (χ3v) is 7.47. The molecule has 0 unspecified atom stereocenters. The Bertz CT molecular complexity index is 1350. The maximum atomic E-state index is 13.1. The van der Waals surface area contributed by atoms with Gasteiger partial charge in [0.1, 0.15) is 11.8 Å². The van der Waals surface area contributed by atoms with Gasteiger partial charge in [-0.2, -0.15) is 0 Å². The van der Waals surface area contributed by atoms with E-state index in [0.29, 0.717) is 24.0 Å². The number of benzene rings is 1. The molecule has 34 heavy (non-hydrogen) atoms. The van der Waals surface area contributed by atoms with Gasteiger partial charge in [-0.05, 0) is 47.0 Å². The SMILES string of the molecule is O=C(NCc1ccccc1-n1cnnn1)c1nc(N2CCCCS2(O)O)c2cccnc2c1O. The molecule has 0 atom stereocenters. The maximum absolute atomic E-state index is 13.1. The molecule has 4 N–H and O–H groups in total. The molecule has 1 aliphatic heterocycles. The van der Waals surface area contributed by atoms with E-state index in [-0.39, 0.29) is 35.1 Å². The van der Waals surface area contributed by atoms with Gasteiger partial charge in [0, 0.05) is 24.7 Å². The van der Waals surface area contributed by atoms with Crippen molar-refractivity contribution >= 4 is 33.4 Å². The smallest absolute Gasteiger partial charge is 0.274 e. The van der Waals surface area contributed by atoms with Gasteiger partial charge >= 0.3 is 0 Å². The quantitative estimate of drug-likeness (QED) is 0.332. The predicted molar refractivity (Wildman–Crippen MR) is 126 cm³/mol. The van der Waals surface area contributed by atoms with Crippen molar-refractivity contribution in [1.29, 1.82) is 0 Å². The molecule has 1 fully saturated rings. The number of hydrogen-bond donors (Lipinski definition) is 4. The molecule has 1 aliphatic rings. The van der Waals surface area contributed by atoms with Crippen LogP contribution in [0.5, 0.6) is 5.75 Å². The highest BCUT2D eigenvalue weighted by Crippen LogP contribution is 2.51. The molecule has 0 bridgehead atoms. The summed E-state index contributed by atoms with van der Waals surface area (Å²) < 4.78 is 24.2. The monoisotopic (exact) mass is 482 g/mol. The Labute approximate surface area is 195 Å². The molecule has 176 valence electrons. The molecule has 0 spiro atoms. The maximum Gasteiger partial charge on any atom is 0.274 e. The van der Waals surface area contributed by atoms with Gasteiger partial charge in [-0.15, -0.1) is 15.9 Å². The number of nitrogens with zero attached hydrogens (tertiary/aromatic N) is 7. The van der Waals surface area contributed by atoms with Crippen molar-refractivity contribution in [3.8, 4) is 11.4 Å². The van der Waals surface area contributed by atoms with E-state index in [2.05, 4.69) is 30.8 Å². The van der Waals surface area contributed by atoms with Crippen molar-refractivity contribution in [2.45, 2.75) is 19.4 Å². The van der Waals surface area contributed by atoms with Crippen LogP contribution in [0.15, 0.2) is 48.9 Å². The largest absolute Gasteiger partial charge is 0.504 e. The second kappa shape index (κ2) is 8.85. The molecule has 4 heterocycles. The van der Waals surface area contributed by atoms with E-state index in [9.17, 15) is 19.0 Å². The summed E-state index contributed by atoms with van der Waals surface area (Å²) in [7, 11) is -3.10. The van der Waals surface area contributed by atoms with Crippen LogP contribution in [0.1, 0.15) is 28.9 Å². The minimum atomic E-state index is -3.10. The third-order valence-electron chi connectivity index (χ3n) is 5.58. The molecule has 1 amide bonds. The van der Waals surface area contributed by atoms with Crippen LogP contribution in [-0.2, 0) is 6.54 Å². The number of amides is 1. The molecule has 3 aromatic heterocycles. The van der Waals surface area contributed by atoms with Crippen LogP contribution in [0.4, 0.5) is 5.82 Å². The minimum absolute atomic E-state index is 0.116. The number of aromatic nitrogens is 6. The Morgan fingerprint density at radius 2 is 2.00 bits per heavy atom. The number of carbonyl (C=O) groups is 1. The minimum Gasteiger partial charge on any atom is -0.504 e. The van der Waals surface area contributed by atoms with Gasteiger partial charge in [0.15, 0.2) is 17.3 Å². The summed E-state index contributed by atoms with van der Waals surface area (Å²) in [4.78, 5) is 21.7. The molecular weight excluding hydrogens is 460 g/mol. The Balaban J connectivity index is 1.50.